The molecule has 1 N–H and O–H groups in total. The number of ether oxygens (including phenoxy) is 1. The number of aromatic nitrogens is 4. The van der Waals surface area contributed by atoms with Crippen LogP contribution in [0.4, 0.5) is 0 Å². The van der Waals surface area contributed by atoms with Gasteiger partial charge >= 0.3 is 0 Å². The van der Waals surface area contributed by atoms with Crippen molar-refractivity contribution in [3.8, 4) is 0 Å². The van der Waals surface area contributed by atoms with Crippen LogP contribution in [-0.4, -0.2) is 57.4 Å². The van der Waals surface area contributed by atoms with E-state index in [0.29, 0.717) is 30.6 Å². The normalized spacial score (nSPS) is 19.4. The van der Waals surface area contributed by atoms with Crippen LogP contribution in [0, 0.1) is 0 Å². The Morgan fingerprint density at radius 3 is 2.68 bits per heavy atom. The summed E-state index contributed by atoms with van der Waals surface area (Å²) in [5.41, 5.74) is 1.38. The number of H-pyrrole nitrogens is 1. The Morgan fingerprint density at radius 2 is 1.86 bits per heavy atom. The molecular weight excluding hydrogens is 358 g/mol. The highest BCUT2D eigenvalue weighted by Crippen LogP contribution is 2.31. The van der Waals surface area contributed by atoms with Crippen molar-refractivity contribution < 1.29 is 14.1 Å². The maximum absolute atomic E-state index is 12.9. The van der Waals surface area contributed by atoms with E-state index in [9.17, 15) is 4.79 Å². The molecule has 0 unspecified atom stereocenters. The van der Waals surface area contributed by atoms with Crippen LogP contribution >= 0.6 is 0 Å². The molecule has 0 radical (unpaired) electrons. The summed E-state index contributed by atoms with van der Waals surface area (Å²) in [7, 11) is 0. The van der Waals surface area contributed by atoms with Gasteiger partial charge in [0.15, 0.2) is 11.5 Å². The quantitative estimate of drug-likeness (QED) is 0.749. The van der Waals surface area contributed by atoms with Gasteiger partial charge in [-0.15, -0.1) is 0 Å². The number of rotatable bonds is 3. The molecule has 2 aromatic heterocycles. The summed E-state index contributed by atoms with van der Waals surface area (Å²) in [6.45, 7) is 2.85. The van der Waals surface area contributed by atoms with E-state index < -0.39 is 0 Å². The molecule has 4 heterocycles. The summed E-state index contributed by atoms with van der Waals surface area (Å²) < 4.78 is 11.0. The highest BCUT2D eigenvalue weighted by Gasteiger charge is 2.30. The average Bonchev–Trinajstić information content (AvgIpc) is 3.42. The van der Waals surface area contributed by atoms with Crippen LogP contribution in [0.3, 0.4) is 0 Å². The Hall–Kier alpha value is -2.74. The maximum atomic E-state index is 12.9. The second-order valence-corrected chi connectivity index (χ2v) is 7.56. The molecule has 3 aromatic rings. The van der Waals surface area contributed by atoms with E-state index in [2.05, 4.69) is 20.3 Å². The van der Waals surface area contributed by atoms with E-state index in [1.54, 1.807) is 0 Å². The number of benzene rings is 1. The molecule has 2 saturated heterocycles. The minimum absolute atomic E-state index is 0.0238. The molecule has 2 aliphatic heterocycles. The number of piperidine rings is 1. The monoisotopic (exact) mass is 381 g/mol. The van der Waals surface area contributed by atoms with Gasteiger partial charge in [0.25, 0.3) is 5.91 Å². The summed E-state index contributed by atoms with van der Waals surface area (Å²) in [5, 5.41) is 12.2. The third kappa shape index (κ3) is 3.17. The SMILES string of the molecule is O=C(c1n[nH]c2ccccc12)N1CCC(c2nc(C3CCOCC3)no2)CC1. The van der Waals surface area contributed by atoms with E-state index in [0.717, 1.165) is 55.6 Å². The van der Waals surface area contributed by atoms with Gasteiger partial charge in [-0.25, -0.2) is 0 Å². The number of carbonyl (C=O) groups is 1. The Bertz CT molecular complexity index is 967. The molecular formula is C20H23N5O3. The van der Waals surface area contributed by atoms with E-state index >= 15 is 0 Å². The van der Waals surface area contributed by atoms with E-state index in [1.165, 1.54) is 0 Å². The minimum Gasteiger partial charge on any atom is -0.381 e. The van der Waals surface area contributed by atoms with Crippen molar-refractivity contribution in [1.82, 2.24) is 25.2 Å². The van der Waals surface area contributed by atoms with E-state index in [-0.39, 0.29) is 11.8 Å². The van der Waals surface area contributed by atoms with Gasteiger partial charge in [0.1, 0.15) is 0 Å². The van der Waals surface area contributed by atoms with Crippen molar-refractivity contribution in [3.63, 3.8) is 0 Å². The Kier molecular flexibility index (Phi) is 4.56. The second-order valence-electron chi connectivity index (χ2n) is 7.56. The zero-order valence-electron chi connectivity index (χ0n) is 15.6. The first-order chi connectivity index (χ1) is 13.8. The van der Waals surface area contributed by atoms with Gasteiger partial charge in [0, 0.05) is 43.5 Å². The van der Waals surface area contributed by atoms with Gasteiger partial charge in [-0.3, -0.25) is 9.89 Å². The molecule has 2 aliphatic rings. The standard InChI is InChI=1S/C20H23N5O3/c26-20(17-15-3-1-2-4-16(15)22-23-17)25-9-5-14(6-10-25)19-21-18(24-28-19)13-7-11-27-12-8-13/h1-4,13-14H,5-12H2,(H,22,23). The predicted octanol–water partition coefficient (Wildman–Crippen LogP) is 2.86. The summed E-state index contributed by atoms with van der Waals surface area (Å²) >= 11 is 0. The Balaban J connectivity index is 1.24. The van der Waals surface area contributed by atoms with Crippen molar-refractivity contribution in [2.75, 3.05) is 26.3 Å². The lowest BCUT2D eigenvalue weighted by atomic mass is 9.96. The number of likely N-dealkylation sites (tertiary alicyclic amines) is 1. The zero-order valence-corrected chi connectivity index (χ0v) is 15.6. The minimum atomic E-state index is -0.0238. The first-order valence-corrected chi connectivity index (χ1v) is 9.93. The number of nitrogens with zero attached hydrogens (tertiary/aromatic N) is 4. The molecule has 0 spiro atoms. The number of nitrogens with one attached hydrogen (secondary N) is 1. The number of aromatic amines is 1. The lowest BCUT2D eigenvalue weighted by molar-refractivity contribution is 0.0700. The third-order valence-electron chi connectivity index (χ3n) is 5.85. The van der Waals surface area contributed by atoms with Crippen LogP contribution in [0.2, 0.25) is 0 Å². The van der Waals surface area contributed by atoms with Crippen molar-refractivity contribution in [3.05, 3.63) is 41.7 Å². The Morgan fingerprint density at radius 1 is 1.07 bits per heavy atom. The maximum Gasteiger partial charge on any atom is 0.274 e. The molecule has 0 bridgehead atoms. The molecule has 1 amide bonds. The lowest BCUT2D eigenvalue weighted by Gasteiger charge is -2.29. The van der Waals surface area contributed by atoms with Crippen molar-refractivity contribution in [2.24, 2.45) is 0 Å². The number of carbonyl (C=O) groups excluding carboxylic acids is 1. The van der Waals surface area contributed by atoms with Crippen LogP contribution in [-0.2, 0) is 4.74 Å². The fourth-order valence-electron chi connectivity index (χ4n) is 4.14. The van der Waals surface area contributed by atoms with Crippen LogP contribution in [0.15, 0.2) is 28.8 Å². The summed E-state index contributed by atoms with van der Waals surface area (Å²) in [6, 6.07) is 7.71. The summed E-state index contributed by atoms with van der Waals surface area (Å²) in [6.07, 6.45) is 3.54. The fraction of sp³-hybridized carbons (Fsp3) is 0.500. The van der Waals surface area contributed by atoms with Crippen molar-refractivity contribution in [1.29, 1.82) is 0 Å². The summed E-state index contributed by atoms with van der Waals surface area (Å²) in [5.74, 6) is 2.03. The van der Waals surface area contributed by atoms with Gasteiger partial charge in [0.2, 0.25) is 5.89 Å². The molecule has 8 heteroatoms. The van der Waals surface area contributed by atoms with E-state index in [1.807, 2.05) is 29.2 Å². The van der Waals surface area contributed by atoms with Crippen LogP contribution in [0.5, 0.6) is 0 Å². The van der Waals surface area contributed by atoms with Gasteiger partial charge in [-0.05, 0) is 31.7 Å². The molecule has 146 valence electrons. The highest BCUT2D eigenvalue weighted by atomic mass is 16.5. The highest BCUT2D eigenvalue weighted by molar-refractivity contribution is 6.04. The van der Waals surface area contributed by atoms with Gasteiger partial charge in [0.05, 0.1) is 5.52 Å². The number of hydrogen-bond acceptors (Lipinski definition) is 6. The van der Waals surface area contributed by atoms with Crippen molar-refractivity contribution in [2.45, 2.75) is 37.5 Å². The van der Waals surface area contributed by atoms with Crippen LogP contribution in [0.25, 0.3) is 10.9 Å². The number of fused-ring (bicyclic) bond motifs is 1. The van der Waals surface area contributed by atoms with Gasteiger partial charge in [-0.1, -0.05) is 23.4 Å². The molecule has 8 nitrogen and oxygen atoms in total. The summed E-state index contributed by atoms with van der Waals surface area (Å²) in [4.78, 5) is 19.4. The lowest BCUT2D eigenvalue weighted by Crippen LogP contribution is -2.38. The first kappa shape index (κ1) is 17.4. The Labute approximate surface area is 162 Å². The topological polar surface area (TPSA) is 97.1 Å². The van der Waals surface area contributed by atoms with Crippen LogP contribution in [0.1, 0.15) is 59.7 Å². The molecule has 0 aliphatic carbocycles. The number of hydrogen-bond donors (Lipinski definition) is 1. The molecule has 1 aromatic carbocycles. The molecule has 2 fully saturated rings. The van der Waals surface area contributed by atoms with Crippen LogP contribution < -0.4 is 0 Å². The zero-order chi connectivity index (χ0) is 18.9. The van der Waals surface area contributed by atoms with Gasteiger partial charge in [-0.2, -0.15) is 10.1 Å². The largest absolute Gasteiger partial charge is 0.381 e. The first-order valence-electron chi connectivity index (χ1n) is 9.93. The van der Waals surface area contributed by atoms with Gasteiger partial charge < -0.3 is 14.2 Å². The smallest absolute Gasteiger partial charge is 0.274 e. The van der Waals surface area contributed by atoms with E-state index in [4.69, 9.17) is 9.26 Å². The predicted molar refractivity (Wildman–Crippen MR) is 101 cm³/mol. The molecule has 28 heavy (non-hydrogen) atoms. The third-order valence-corrected chi connectivity index (χ3v) is 5.85. The molecule has 0 atom stereocenters. The molecule has 0 saturated carbocycles. The molecule has 5 rings (SSSR count). The number of para-hydroxylation sites is 1. The average molecular weight is 381 g/mol. The fourth-order valence-corrected chi connectivity index (χ4v) is 4.14. The number of amides is 1. The second kappa shape index (κ2) is 7.35. The van der Waals surface area contributed by atoms with Crippen molar-refractivity contribution >= 4 is 16.8 Å².